The Labute approximate surface area is 132 Å². The molecule has 0 atom stereocenters. The Kier molecular flexibility index (Phi) is 3.04. The molecule has 4 rings (SSSR count). The van der Waals surface area contributed by atoms with Gasteiger partial charge in [-0.25, -0.2) is 4.52 Å². The standard InChI is InChI=1S/C17H16N4O2/c1-10-6-14(15(22)9-18-10)12-4-5-21-13(7-12)8-16(20-21)19-17(23)11-2-3-11/h4-9,11,22H,2-3H2,1H3,(H,19,20,23). The molecule has 6 nitrogen and oxygen atoms in total. The summed E-state index contributed by atoms with van der Waals surface area (Å²) in [5.41, 5.74) is 3.29. The molecule has 3 aromatic rings. The van der Waals surface area contributed by atoms with Crippen LogP contribution in [0, 0.1) is 12.8 Å². The summed E-state index contributed by atoms with van der Waals surface area (Å²) in [5.74, 6) is 0.874. The van der Waals surface area contributed by atoms with E-state index in [1.54, 1.807) is 4.52 Å². The number of nitrogens with zero attached hydrogens (tertiary/aromatic N) is 3. The largest absolute Gasteiger partial charge is 0.506 e. The number of hydrogen-bond donors (Lipinski definition) is 2. The first kappa shape index (κ1) is 13.8. The Morgan fingerprint density at radius 3 is 2.96 bits per heavy atom. The van der Waals surface area contributed by atoms with Crippen molar-refractivity contribution in [2.45, 2.75) is 19.8 Å². The Bertz CT molecular complexity index is 912. The van der Waals surface area contributed by atoms with E-state index in [1.165, 1.54) is 6.20 Å². The highest BCUT2D eigenvalue weighted by molar-refractivity contribution is 5.93. The van der Waals surface area contributed by atoms with Gasteiger partial charge in [-0.2, -0.15) is 5.10 Å². The summed E-state index contributed by atoms with van der Waals surface area (Å²) in [6, 6.07) is 7.47. The molecule has 0 unspecified atom stereocenters. The second-order valence-corrected chi connectivity index (χ2v) is 5.92. The Hall–Kier alpha value is -2.89. The zero-order chi connectivity index (χ0) is 16.0. The van der Waals surface area contributed by atoms with Crippen molar-refractivity contribution in [3.63, 3.8) is 0 Å². The fourth-order valence-electron chi connectivity index (χ4n) is 2.58. The second kappa shape index (κ2) is 5.08. The highest BCUT2D eigenvalue weighted by Crippen LogP contribution is 2.31. The number of rotatable bonds is 3. The van der Waals surface area contributed by atoms with Crippen LogP contribution >= 0.6 is 0 Å². The van der Waals surface area contributed by atoms with Gasteiger partial charge in [-0.3, -0.25) is 9.78 Å². The van der Waals surface area contributed by atoms with Gasteiger partial charge in [-0.05, 0) is 43.5 Å². The molecule has 1 fully saturated rings. The van der Waals surface area contributed by atoms with E-state index in [2.05, 4.69) is 15.4 Å². The lowest BCUT2D eigenvalue weighted by molar-refractivity contribution is -0.117. The predicted octanol–water partition coefficient (Wildman–Crippen LogP) is 2.76. The van der Waals surface area contributed by atoms with E-state index < -0.39 is 0 Å². The number of carbonyl (C=O) groups excluding carboxylic acids is 1. The summed E-state index contributed by atoms with van der Waals surface area (Å²) in [5, 5.41) is 17.2. The van der Waals surface area contributed by atoms with Gasteiger partial charge in [-0.1, -0.05) is 0 Å². The fourth-order valence-corrected chi connectivity index (χ4v) is 2.58. The van der Waals surface area contributed by atoms with Crippen LogP contribution in [0.15, 0.2) is 36.7 Å². The molecule has 1 saturated carbocycles. The number of amides is 1. The predicted molar refractivity (Wildman–Crippen MR) is 86.2 cm³/mol. The number of anilines is 1. The van der Waals surface area contributed by atoms with Gasteiger partial charge < -0.3 is 10.4 Å². The maximum atomic E-state index is 11.8. The number of carbonyl (C=O) groups is 1. The lowest BCUT2D eigenvalue weighted by Gasteiger charge is -2.05. The van der Waals surface area contributed by atoms with Crippen LogP contribution in [0.1, 0.15) is 18.5 Å². The highest BCUT2D eigenvalue weighted by Gasteiger charge is 2.30. The van der Waals surface area contributed by atoms with Gasteiger partial charge in [0.05, 0.1) is 11.7 Å². The molecule has 116 valence electrons. The Morgan fingerprint density at radius 1 is 1.35 bits per heavy atom. The highest BCUT2D eigenvalue weighted by atomic mass is 16.3. The van der Waals surface area contributed by atoms with E-state index in [9.17, 15) is 9.90 Å². The van der Waals surface area contributed by atoms with E-state index >= 15 is 0 Å². The molecule has 0 radical (unpaired) electrons. The first-order valence-electron chi connectivity index (χ1n) is 7.56. The summed E-state index contributed by atoms with van der Waals surface area (Å²) in [6.07, 6.45) is 5.19. The fraction of sp³-hybridized carbons (Fsp3) is 0.235. The normalized spacial score (nSPS) is 14.1. The number of aromatic nitrogens is 3. The van der Waals surface area contributed by atoms with E-state index in [-0.39, 0.29) is 17.6 Å². The van der Waals surface area contributed by atoms with Crippen molar-refractivity contribution < 1.29 is 9.90 Å². The van der Waals surface area contributed by atoms with Crippen molar-refractivity contribution >= 4 is 17.2 Å². The number of hydrogen-bond acceptors (Lipinski definition) is 4. The maximum Gasteiger partial charge on any atom is 0.228 e. The average molecular weight is 308 g/mol. The average Bonchev–Trinajstić information content (AvgIpc) is 3.30. The molecular formula is C17H16N4O2. The molecule has 1 amide bonds. The monoisotopic (exact) mass is 308 g/mol. The van der Waals surface area contributed by atoms with Gasteiger partial charge in [0, 0.05) is 29.4 Å². The van der Waals surface area contributed by atoms with Crippen molar-refractivity contribution in [3.8, 4) is 16.9 Å². The molecule has 0 saturated heterocycles. The van der Waals surface area contributed by atoms with Crippen LogP contribution < -0.4 is 5.32 Å². The van der Waals surface area contributed by atoms with Crippen LogP contribution in [0.25, 0.3) is 16.6 Å². The van der Waals surface area contributed by atoms with E-state index in [4.69, 9.17) is 0 Å². The molecule has 6 heteroatoms. The molecule has 0 aliphatic heterocycles. The minimum atomic E-state index is 0.0380. The first-order valence-corrected chi connectivity index (χ1v) is 7.56. The molecule has 1 aliphatic rings. The summed E-state index contributed by atoms with van der Waals surface area (Å²) < 4.78 is 1.71. The smallest absolute Gasteiger partial charge is 0.228 e. The van der Waals surface area contributed by atoms with Gasteiger partial charge in [0.25, 0.3) is 0 Å². The molecular weight excluding hydrogens is 292 g/mol. The van der Waals surface area contributed by atoms with Crippen molar-refractivity contribution in [3.05, 3.63) is 42.4 Å². The summed E-state index contributed by atoms with van der Waals surface area (Å²) >= 11 is 0. The Balaban J connectivity index is 1.69. The number of pyridine rings is 2. The summed E-state index contributed by atoms with van der Waals surface area (Å²) in [7, 11) is 0. The van der Waals surface area contributed by atoms with Gasteiger partial charge >= 0.3 is 0 Å². The quantitative estimate of drug-likeness (QED) is 0.779. The number of fused-ring (bicyclic) bond motifs is 1. The van der Waals surface area contributed by atoms with Crippen molar-refractivity contribution in [2.24, 2.45) is 5.92 Å². The zero-order valence-electron chi connectivity index (χ0n) is 12.7. The van der Waals surface area contributed by atoms with Gasteiger partial charge in [-0.15, -0.1) is 0 Å². The third kappa shape index (κ3) is 2.63. The van der Waals surface area contributed by atoms with Crippen molar-refractivity contribution in [2.75, 3.05) is 5.32 Å². The van der Waals surface area contributed by atoms with E-state index in [0.717, 1.165) is 35.2 Å². The zero-order valence-corrected chi connectivity index (χ0v) is 12.7. The maximum absolute atomic E-state index is 11.8. The molecule has 0 aromatic carbocycles. The van der Waals surface area contributed by atoms with Crippen LogP contribution in [0.3, 0.4) is 0 Å². The van der Waals surface area contributed by atoms with Crippen LogP contribution in [-0.4, -0.2) is 25.6 Å². The lowest BCUT2D eigenvalue weighted by atomic mass is 10.1. The second-order valence-electron chi connectivity index (χ2n) is 5.92. The number of aromatic hydroxyl groups is 1. The summed E-state index contributed by atoms with van der Waals surface area (Å²) in [4.78, 5) is 15.9. The van der Waals surface area contributed by atoms with Crippen LogP contribution in [0.5, 0.6) is 5.75 Å². The SMILES string of the molecule is Cc1cc(-c2ccn3nc(NC(=O)C4CC4)cc3c2)c(O)cn1. The minimum absolute atomic E-state index is 0.0380. The molecule has 23 heavy (non-hydrogen) atoms. The van der Waals surface area contributed by atoms with Crippen LogP contribution in [0.4, 0.5) is 5.82 Å². The lowest BCUT2D eigenvalue weighted by Crippen LogP contribution is -2.13. The van der Waals surface area contributed by atoms with Gasteiger partial charge in [0.15, 0.2) is 5.82 Å². The van der Waals surface area contributed by atoms with Crippen molar-refractivity contribution in [1.29, 1.82) is 0 Å². The van der Waals surface area contributed by atoms with Gasteiger partial charge in [0.2, 0.25) is 5.91 Å². The molecule has 3 heterocycles. The molecule has 2 N–H and O–H groups in total. The van der Waals surface area contributed by atoms with E-state index in [1.807, 2.05) is 37.4 Å². The number of aryl methyl sites for hydroxylation is 1. The topological polar surface area (TPSA) is 79.5 Å². The third-order valence-corrected chi connectivity index (χ3v) is 3.99. The van der Waals surface area contributed by atoms with Crippen LogP contribution in [0.2, 0.25) is 0 Å². The summed E-state index contributed by atoms with van der Waals surface area (Å²) in [6.45, 7) is 1.88. The Morgan fingerprint density at radius 2 is 2.17 bits per heavy atom. The molecule has 0 bridgehead atoms. The van der Waals surface area contributed by atoms with Crippen molar-refractivity contribution in [1.82, 2.24) is 14.6 Å². The van der Waals surface area contributed by atoms with E-state index in [0.29, 0.717) is 5.82 Å². The van der Waals surface area contributed by atoms with Crippen LogP contribution in [-0.2, 0) is 4.79 Å². The molecule has 1 aliphatic carbocycles. The minimum Gasteiger partial charge on any atom is -0.506 e. The number of nitrogens with one attached hydrogen (secondary N) is 1. The third-order valence-electron chi connectivity index (χ3n) is 3.99. The van der Waals surface area contributed by atoms with Gasteiger partial charge in [0.1, 0.15) is 5.75 Å². The molecule has 0 spiro atoms. The first-order chi connectivity index (χ1) is 11.1. The molecule has 3 aromatic heterocycles.